The second kappa shape index (κ2) is 12.7. The Hall–Kier alpha value is -0.350. The highest BCUT2D eigenvalue weighted by Gasteiger charge is 1.94. The molecule has 107 valence electrons. The molecule has 0 N–H and O–H groups in total. The monoisotopic (exact) mass is 277 g/mol. The summed E-state index contributed by atoms with van der Waals surface area (Å²) in [5, 5.41) is 1.47. The molecule has 0 saturated carbocycles. The molecular weight excluding hydrogens is 247 g/mol. The van der Waals surface area contributed by atoms with Crippen molar-refractivity contribution in [2.75, 3.05) is 6.16 Å². The molecule has 0 unspecified atom stereocenters. The summed E-state index contributed by atoms with van der Waals surface area (Å²) in [5.41, 5.74) is 0. The highest BCUT2D eigenvalue weighted by Crippen LogP contribution is 2.15. The number of hydrogen-bond acceptors (Lipinski definition) is 0. The SMILES string of the molecule is CCCCCCCCCCCC[P]c1ccccc1. The minimum Gasteiger partial charge on any atom is -0.0654 e. The summed E-state index contributed by atoms with van der Waals surface area (Å²) in [7, 11) is 1.51. The summed E-state index contributed by atoms with van der Waals surface area (Å²) >= 11 is 0. The Balaban J connectivity index is 1.79. The van der Waals surface area contributed by atoms with Crippen LogP contribution in [0.3, 0.4) is 0 Å². The Morgan fingerprint density at radius 3 is 1.79 bits per heavy atom. The summed E-state index contributed by atoms with van der Waals surface area (Å²) in [6, 6.07) is 10.8. The molecule has 0 spiro atoms. The summed E-state index contributed by atoms with van der Waals surface area (Å²) in [6.45, 7) is 2.29. The highest BCUT2D eigenvalue weighted by molar-refractivity contribution is 7.47. The van der Waals surface area contributed by atoms with Gasteiger partial charge in [0.25, 0.3) is 0 Å². The third-order valence-corrected chi connectivity index (χ3v) is 4.77. The van der Waals surface area contributed by atoms with Gasteiger partial charge in [-0.25, -0.2) is 0 Å². The van der Waals surface area contributed by atoms with Crippen LogP contribution in [0.2, 0.25) is 0 Å². The summed E-state index contributed by atoms with van der Waals surface area (Å²) in [5.74, 6) is 0. The molecule has 0 aliphatic rings. The molecule has 1 radical (unpaired) electrons. The quantitative estimate of drug-likeness (QED) is 0.316. The van der Waals surface area contributed by atoms with Gasteiger partial charge in [-0.1, -0.05) is 95.0 Å². The largest absolute Gasteiger partial charge is 0.0654 e. The van der Waals surface area contributed by atoms with Gasteiger partial charge in [-0.3, -0.25) is 0 Å². The van der Waals surface area contributed by atoms with E-state index in [1.54, 1.807) is 0 Å². The van der Waals surface area contributed by atoms with E-state index in [0.29, 0.717) is 0 Å². The van der Waals surface area contributed by atoms with Gasteiger partial charge < -0.3 is 0 Å². The maximum absolute atomic E-state index is 2.29. The van der Waals surface area contributed by atoms with E-state index in [-0.39, 0.29) is 0 Å². The average molecular weight is 277 g/mol. The fourth-order valence-electron chi connectivity index (χ4n) is 2.34. The fourth-order valence-corrected chi connectivity index (χ4v) is 3.36. The number of benzene rings is 1. The lowest BCUT2D eigenvalue weighted by atomic mass is 10.1. The molecule has 1 heteroatoms. The first-order valence-electron chi connectivity index (χ1n) is 8.16. The third-order valence-electron chi connectivity index (χ3n) is 3.56. The Morgan fingerprint density at radius 1 is 0.684 bits per heavy atom. The summed E-state index contributed by atoms with van der Waals surface area (Å²) < 4.78 is 0. The lowest BCUT2D eigenvalue weighted by molar-refractivity contribution is 0.563. The molecule has 1 aromatic carbocycles. The van der Waals surface area contributed by atoms with Gasteiger partial charge in [0.2, 0.25) is 0 Å². The molecule has 0 aromatic heterocycles. The first-order chi connectivity index (χ1) is 9.43. The van der Waals surface area contributed by atoms with Crippen molar-refractivity contribution in [3.05, 3.63) is 30.3 Å². The van der Waals surface area contributed by atoms with Gasteiger partial charge >= 0.3 is 0 Å². The average Bonchev–Trinajstić information content (AvgIpc) is 2.46. The number of rotatable bonds is 12. The standard InChI is InChI=1S/C18H30P/c1-2-3-4-5-6-7-8-9-10-14-17-19-18-15-12-11-13-16-18/h11-13,15-16H,2-10,14,17H2,1H3. The van der Waals surface area contributed by atoms with E-state index in [2.05, 4.69) is 37.3 Å². The molecule has 0 aliphatic carbocycles. The predicted octanol–water partition coefficient (Wildman–Crippen LogP) is 6.18. The Labute approximate surface area is 122 Å². The van der Waals surface area contributed by atoms with Crippen LogP contribution in [0.15, 0.2) is 30.3 Å². The van der Waals surface area contributed by atoms with Gasteiger partial charge in [0.15, 0.2) is 0 Å². The van der Waals surface area contributed by atoms with Gasteiger partial charge in [0, 0.05) is 0 Å². The van der Waals surface area contributed by atoms with Crippen LogP contribution in [0.4, 0.5) is 0 Å². The Bertz CT molecular complexity index is 281. The molecule has 0 atom stereocenters. The van der Waals surface area contributed by atoms with Gasteiger partial charge in [-0.2, -0.15) is 0 Å². The molecular formula is C18H30P. The van der Waals surface area contributed by atoms with Crippen LogP contribution in [-0.2, 0) is 0 Å². The van der Waals surface area contributed by atoms with Gasteiger partial charge in [-0.15, -0.1) is 0 Å². The van der Waals surface area contributed by atoms with E-state index in [9.17, 15) is 0 Å². The van der Waals surface area contributed by atoms with Crippen LogP contribution < -0.4 is 5.30 Å². The Morgan fingerprint density at radius 2 is 1.21 bits per heavy atom. The van der Waals surface area contributed by atoms with E-state index in [0.717, 1.165) is 0 Å². The molecule has 19 heavy (non-hydrogen) atoms. The van der Waals surface area contributed by atoms with E-state index in [1.165, 1.54) is 84.3 Å². The van der Waals surface area contributed by atoms with Crippen molar-refractivity contribution < 1.29 is 0 Å². The Kier molecular flexibility index (Phi) is 11.1. The minimum absolute atomic E-state index is 1.33. The molecule has 0 amide bonds. The first-order valence-corrected chi connectivity index (χ1v) is 9.24. The third kappa shape index (κ3) is 10.1. The van der Waals surface area contributed by atoms with Crippen molar-refractivity contribution in [1.82, 2.24) is 0 Å². The first kappa shape index (κ1) is 16.7. The zero-order valence-electron chi connectivity index (χ0n) is 12.6. The molecule has 0 bridgehead atoms. The van der Waals surface area contributed by atoms with E-state index in [1.807, 2.05) is 0 Å². The van der Waals surface area contributed by atoms with Crippen molar-refractivity contribution in [2.24, 2.45) is 0 Å². The van der Waals surface area contributed by atoms with Crippen LogP contribution in [0, 0.1) is 0 Å². The maximum Gasteiger partial charge on any atom is -0.0193 e. The highest BCUT2D eigenvalue weighted by atomic mass is 31.1. The lowest BCUT2D eigenvalue weighted by Crippen LogP contribution is -1.93. The van der Waals surface area contributed by atoms with Gasteiger partial charge in [0.1, 0.15) is 0 Å². The molecule has 0 saturated heterocycles. The molecule has 1 rings (SSSR count). The molecule has 0 heterocycles. The smallest absolute Gasteiger partial charge is 0.0193 e. The fraction of sp³-hybridized carbons (Fsp3) is 0.667. The molecule has 0 nitrogen and oxygen atoms in total. The van der Waals surface area contributed by atoms with Crippen molar-refractivity contribution >= 4 is 13.9 Å². The van der Waals surface area contributed by atoms with Gasteiger partial charge in [-0.05, 0) is 26.5 Å². The molecule has 0 fully saturated rings. The number of unbranched alkanes of at least 4 members (excludes halogenated alkanes) is 9. The van der Waals surface area contributed by atoms with Crippen LogP contribution >= 0.6 is 8.58 Å². The lowest BCUT2D eigenvalue weighted by Gasteiger charge is -2.02. The van der Waals surface area contributed by atoms with Gasteiger partial charge in [0.05, 0.1) is 0 Å². The predicted molar refractivity (Wildman–Crippen MR) is 89.7 cm³/mol. The minimum atomic E-state index is 1.33. The van der Waals surface area contributed by atoms with Crippen molar-refractivity contribution in [3.63, 3.8) is 0 Å². The number of hydrogen-bond donors (Lipinski definition) is 0. The van der Waals surface area contributed by atoms with Crippen LogP contribution in [-0.4, -0.2) is 6.16 Å². The topological polar surface area (TPSA) is 0 Å². The zero-order chi connectivity index (χ0) is 13.6. The van der Waals surface area contributed by atoms with Crippen LogP contribution in [0.1, 0.15) is 71.1 Å². The summed E-state index contributed by atoms with van der Waals surface area (Å²) in [4.78, 5) is 0. The maximum atomic E-state index is 2.29. The van der Waals surface area contributed by atoms with E-state index >= 15 is 0 Å². The molecule has 0 aliphatic heterocycles. The van der Waals surface area contributed by atoms with E-state index in [4.69, 9.17) is 0 Å². The van der Waals surface area contributed by atoms with E-state index < -0.39 is 0 Å². The second-order valence-corrected chi connectivity index (χ2v) is 6.68. The normalized spacial score (nSPS) is 11.4. The molecule has 1 aromatic rings. The van der Waals surface area contributed by atoms with Crippen molar-refractivity contribution in [1.29, 1.82) is 0 Å². The van der Waals surface area contributed by atoms with Crippen molar-refractivity contribution in [2.45, 2.75) is 71.1 Å². The van der Waals surface area contributed by atoms with Crippen LogP contribution in [0.5, 0.6) is 0 Å². The second-order valence-electron chi connectivity index (χ2n) is 5.40. The van der Waals surface area contributed by atoms with Crippen LogP contribution in [0.25, 0.3) is 0 Å². The van der Waals surface area contributed by atoms with Crippen molar-refractivity contribution in [3.8, 4) is 0 Å². The summed E-state index contributed by atoms with van der Waals surface area (Å²) in [6.07, 6.45) is 15.7. The zero-order valence-corrected chi connectivity index (χ0v) is 13.5.